The summed E-state index contributed by atoms with van der Waals surface area (Å²) in [6.45, 7) is 0.782. The Bertz CT molecular complexity index is 468. The van der Waals surface area contributed by atoms with Crippen molar-refractivity contribution >= 4 is 0 Å². The van der Waals surface area contributed by atoms with Crippen molar-refractivity contribution in [2.45, 2.75) is 31.1 Å². The number of aryl methyl sites for hydroxylation is 1. The molecular formula is C15H21NO2. The van der Waals surface area contributed by atoms with Crippen LogP contribution >= 0.6 is 0 Å². The molecule has 3 rings (SSSR count). The van der Waals surface area contributed by atoms with Gasteiger partial charge in [0.25, 0.3) is 0 Å². The van der Waals surface area contributed by atoms with Gasteiger partial charge in [0.1, 0.15) is 5.75 Å². The minimum absolute atomic E-state index is 0.0727. The fourth-order valence-corrected chi connectivity index (χ4v) is 3.89. The molecule has 18 heavy (non-hydrogen) atoms. The van der Waals surface area contributed by atoms with Crippen molar-refractivity contribution in [2.24, 2.45) is 11.1 Å². The van der Waals surface area contributed by atoms with Crippen molar-refractivity contribution in [3.8, 4) is 5.75 Å². The van der Waals surface area contributed by atoms with Gasteiger partial charge in [-0.25, -0.2) is 0 Å². The first-order valence-corrected chi connectivity index (χ1v) is 6.70. The van der Waals surface area contributed by atoms with Gasteiger partial charge in [-0.1, -0.05) is 6.07 Å². The molecule has 2 aliphatic rings. The highest BCUT2D eigenvalue weighted by Crippen LogP contribution is 2.68. The van der Waals surface area contributed by atoms with Gasteiger partial charge in [0, 0.05) is 17.4 Å². The van der Waals surface area contributed by atoms with E-state index in [1.165, 1.54) is 17.5 Å². The number of fused-ring (bicyclic) bond motifs is 2. The number of ether oxygens (including phenoxy) is 1. The van der Waals surface area contributed by atoms with Gasteiger partial charge in [0.15, 0.2) is 0 Å². The number of hydrogen-bond donors (Lipinski definition) is 2. The van der Waals surface area contributed by atoms with Gasteiger partial charge < -0.3 is 15.6 Å². The normalized spacial score (nSPS) is 33.3. The van der Waals surface area contributed by atoms with E-state index >= 15 is 0 Å². The van der Waals surface area contributed by atoms with E-state index < -0.39 is 0 Å². The van der Waals surface area contributed by atoms with Crippen molar-refractivity contribution in [3.05, 3.63) is 29.3 Å². The Morgan fingerprint density at radius 3 is 2.89 bits per heavy atom. The third kappa shape index (κ3) is 1.38. The van der Waals surface area contributed by atoms with Crippen LogP contribution in [0, 0.1) is 5.41 Å². The lowest BCUT2D eigenvalue weighted by Gasteiger charge is -2.30. The summed E-state index contributed by atoms with van der Waals surface area (Å²) in [5.41, 5.74) is 8.75. The lowest BCUT2D eigenvalue weighted by atomic mass is 9.75. The zero-order valence-electron chi connectivity index (χ0n) is 10.9. The topological polar surface area (TPSA) is 55.5 Å². The maximum Gasteiger partial charge on any atom is 0.119 e. The molecule has 0 saturated heterocycles. The third-order valence-corrected chi connectivity index (χ3v) is 5.10. The molecule has 1 spiro atoms. The summed E-state index contributed by atoms with van der Waals surface area (Å²) in [4.78, 5) is 0. The number of rotatable bonds is 3. The van der Waals surface area contributed by atoms with Crippen LogP contribution in [0.2, 0.25) is 0 Å². The highest BCUT2D eigenvalue weighted by Gasteiger charge is 2.67. The van der Waals surface area contributed by atoms with E-state index in [1.54, 1.807) is 7.11 Å². The number of hydrogen-bond acceptors (Lipinski definition) is 3. The van der Waals surface area contributed by atoms with Gasteiger partial charge in [0.05, 0.1) is 13.7 Å². The Kier molecular flexibility index (Phi) is 2.65. The maximum absolute atomic E-state index is 9.70. The summed E-state index contributed by atoms with van der Waals surface area (Å²) in [6.07, 6.45) is 4.48. The molecule has 1 aromatic rings. The second-order valence-corrected chi connectivity index (χ2v) is 5.78. The van der Waals surface area contributed by atoms with Crippen LogP contribution in [-0.4, -0.2) is 25.4 Å². The Morgan fingerprint density at radius 2 is 2.28 bits per heavy atom. The summed E-state index contributed by atoms with van der Waals surface area (Å²) < 4.78 is 5.30. The Hall–Kier alpha value is -1.06. The molecule has 0 heterocycles. The Labute approximate surface area is 108 Å². The Balaban J connectivity index is 2.04. The summed E-state index contributed by atoms with van der Waals surface area (Å²) in [6, 6.07) is 6.36. The van der Waals surface area contributed by atoms with Gasteiger partial charge in [-0.3, -0.25) is 0 Å². The van der Waals surface area contributed by atoms with Crippen molar-refractivity contribution in [1.29, 1.82) is 0 Å². The van der Waals surface area contributed by atoms with Crippen LogP contribution < -0.4 is 10.5 Å². The number of aliphatic hydroxyl groups excluding tert-OH is 1. The molecule has 0 bridgehead atoms. The minimum atomic E-state index is -0.0727. The van der Waals surface area contributed by atoms with Crippen LogP contribution in [0.15, 0.2) is 18.2 Å². The van der Waals surface area contributed by atoms with Gasteiger partial charge >= 0.3 is 0 Å². The minimum Gasteiger partial charge on any atom is -0.497 e. The van der Waals surface area contributed by atoms with Crippen LogP contribution in [0.3, 0.4) is 0 Å². The fourth-order valence-electron chi connectivity index (χ4n) is 3.89. The fraction of sp³-hybridized carbons (Fsp3) is 0.600. The second kappa shape index (κ2) is 3.97. The average molecular weight is 247 g/mol. The molecule has 98 valence electrons. The van der Waals surface area contributed by atoms with Crippen molar-refractivity contribution in [2.75, 3.05) is 20.3 Å². The van der Waals surface area contributed by atoms with Crippen LogP contribution in [0.4, 0.5) is 0 Å². The molecule has 0 aromatic heterocycles. The number of methoxy groups -OCH3 is 1. The second-order valence-electron chi connectivity index (χ2n) is 5.78. The van der Waals surface area contributed by atoms with Crippen molar-refractivity contribution in [3.63, 3.8) is 0 Å². The van der Waals surface area contributed by atoms with Crippen molar-refractivity contribution < 1.29 is 9.84 Å². The first-order valence-electron chi connectivity index (χ1n) is 6.70. The smallest absolute Gasteiger partial charge is 0.119 e. The lowest BCUT2D eigenvalue weighted by Crippen LogP contribution is -2.32. The van der Waals surface area contributed by atoms with E-state index in [1.807, 2.05) is 6.07 Å². The highest BCUT2D eigenvalue weighted by atomic mass is 16.5. The van der Waals surface area contributed by atoms with E-state index in [-0.39, 0.29) is 17.4 Å². The highest BCUT2D eigenvalue weighted by molar-refractivity contribution is 5.48. The zero-order chi connectivity index (χ0) is 12.8. The molecular weight excluding hydrogens is 226 g/mol. The van der Waals surface area contributed by atoms with Gasteiger partial charge in [-0.2, -0.15) is 0 Å². The van der Waals surface area contributed by atoms with Crippen LogP contribution in [0.1, 0.15) is 30.4 Å². The molecule has 3 nitrogen and oxygen atoms in total. The molecule has 0 amide bonds. The first kappa shape index (κ1) is 12.0. The first-order chi connectivity index (χ1) is 8.71. The lowest BCUT2D eigenvalue weighted by molar-refractivity contribution is 0.189. The number of aliphatic hydroxyl groups is 1. The largest absolute Gasteiger partial charge is 0.497 e. The zero-order valence-corrected chi connectivity index (χ0v) is 10.9. The summed E-state index contributed by atoms with van der Waals surface area (Å²) in [5.74, 6) is 0.925. The standard InChI is InChI=1S/C15H21NO2/c1-18-12-4-5-13-11(7-12)3-2-6-15(13)8-14(15,9-16)10-17/h4-5,7,17H,2-3,6,8-10,16H2,1H3. The predicted molar refractivity (Wildman–Crippen MR) is 70.8 cm³/mol. The SMILES string of the molecule is COc1ccc2c(c1)CCCC21CC1(CN)CO. The van der Waals surface area contributed by atoms with Crippen LogP contribution in [-0.2, 0) is 11.8 Å². The molecule has 1 saturated carbocycles. The van der Waals surface area contributed by atoms with E-state index in [9.17, 15) is 5.11 Å². The number of benzene rings is 1. The average Bonchev–Trinajstić information content (AvgIpc) is 3.07. The molecule has 0 radical (unpaired) electrons. The van der Waals surface area contributed by atoms with Crippen molar-refractivity contribution in [1.82, 2.24) is 0 Å². The summed E-state index contributed by atoms with van der Waals surface area (Å²) >= 11 is 0. The quantitative estimate of drug-likeness (QED) is 0.853. The van der Waals surface area contributed by atoms with E-state index in [0.29, 0.717) is 6.54 Å². The predicted octanol–water partition coefficient (Wildman–Crippen LogP) is 1.61. The van der Waals surface area contributed by atoms with Crippen LogP contribution in [0.25, 0.3) is 0 Å². The molecule has 0 aliphatic heterocycles. The maximum atomic E-state index is 9.70. The Morgan fingerprint density at radius 1 is 1.44 bits per heavy atom. The van der Waals surface area contributed by atoms with E-state index in [4.69, 9.17) is 10.5 Å². The van der Waals surface area contributed by atoms with E-state index in [0.717, 1.165) is 25.0 Å². The van der Waals surface area contributed by atoms with Crippen LogP contribution in [0.5, 0.6) is 5.75 Å². The van der Waals surface area contributed by atoms with E-state index in [2.05, 4.69) is 12.1 Å². The van der Waals surface area contributed by atoms with Gasteiger partial charge in [-0.05, 0) is 48.9 Å². The van der Waals surface area contributed by atoms with Gasteiger partial charge in [-0.15, -0.1) is 0 Å². The summed E-state index contributed by atoms with van der Waals surface area (Å²) in [5, 5.41) is 9.70. The third-order valence-electron chi connectivity index (χ3n) is 5.10. The molecule has 2 atom stereocenters. The molecule has 2 unspecified atom stereocenters. The number of nitrogens with two attached hydrogens (primary N) is 1. The molecule has 3 N–H and O–H groups in total. The molecule has 1 aromatic carbocycles. The monoisotopic (exact) mass is 247 g/mol. The van der Waals surface area contributed by atoms with Gasteiger partial charge in [0.2, 0.25) is 0 Å². The molecule has 2 aliphatic carbocycles. The molecule has 3 heteroatoms. The summed E-state index contributed by atoms with van der Waals surface area (Å²) in [7, 11) is 1.70. The molecule has 1 fully saturated rings.